The molecule has 21 heavy (non-hydrogen) atoms. The van der Waals surface area contributed by atoms with Crippen molar-refractivity contribution in [3.05, 3.63) is 71.0 Å². The maximum Gasteiger partial charge on any atom is 0.328 e. The summed E-state index contributed by atoms with van der Waals surface area (Å²) >= 11 is 0. The second kappa shape index (κ2) is 6.70. The van der Waals surface area contributed by atoms with E-state index in [0.717, 1.165) is 22.8 Å². The Bertz CT molecular complexity index is 660. The third kappa shape index (κ3) is 4.45. The van der Waals surface area contributed by atoms with Gasteiger partial charge in [0.2, 0.25) is 0 Å². The van der Waals surface area contributed by atoms with E-state index in [0.29, 0.717) is 12.4 Å². The Hall–Kier alpha value is -2.62. The van der Waals surface area contributed by atoms with Gasteiger partial charge in [-0.3, -0.25) is 0 Å². The van der Waals surface area contributed by atoms with E-state index in [4.69, 9.17) is 9.84 Å². The first-order valence-corrected chi connectivity index (χ1v) is 6.43. The number of carbonyl (C=O) groups is 1. The van der Waals surface area contributed by atoms with Gasteiger partial charge >= 0.3 is 5.97 Å². The molecular formula is C17H15FO3. The van der Waals surface area contributed by atoms with Crippen molar-refractivity contribution in [1.29, 1.82) is 0 Å². The predicted molar refractivity (Wildman–Crippen MR) is 78.6 cm³/mol. The highest BCUT2D eigenvalue weighted by Gasteiger charge is 2.02. The monoisotopic (exact) mass is 286 g/mol. The largest absolute Gasteiger partial charge is 0.489 e. The van der Waals surface area contributed by atoms with E-state index in [2.05, 4.69) is 0 Å². The summed E-state index contributed by atoms with van der Waals surface area (Å²) in [6, 6.07) is 11.7. The molecule has 108 valence electrons. The maximum atomic E-state index is 13.1. The van der Waals surface area contributed by atoms with Crippen LogP contribution in [0.25, 0.3) is 6.08 Å². The smallest absolute Gasteiger partial charge is 0.328 e. The number of rotatable bonds is 5. The van der Waals surface area contributed by atoms with E-state index in [1.165, 1.54) is 18.2 Å². The fourth-order valence-corrected chi connectivity index (χ4v) is 1.78. The molecule has 2 aromatic rings. The first-order valence-electron chi connectivity index (χ1n) is 6.43. The van der Waals surface area contributed by atoms with Crippen molar-refractivity contribution >= 4 is 12.0 Å². The highest BCUT2D eigenvalue weighted by molar-refractivity contribution is 5.85. The van der Waals surface area contributed by atoms with Crippen molar-refractivity contribution in [2.24, 2.45) is 0 Å². The number of aliphatic carboxylic acids is 1. The minimum absolute atomic E-state index is 0.327. The van der Waals surface area contributed by atoms with Gasteiger partial charge in [0.15, 0.2) is 0 Å². The van der Waals surface area contributed by atoms with E-state index < -0.39 is 5.97 Å². The molecule has 0 saturated heterocycles. The Labute approximate surface area is 122 Å². The number of aryl methyl sites for hydroxylation is 1. The zero-order valence-corrected chi connectivity index (χ0v) is 11.5. The number of halogens is 1. The molecule has 0 aliphatic heterocycles. The van der Waals surface area contributed by atoms with Crippen molar-refractivity contribution in [3.63, 3.8) is 0 Å². The molecule has 2 aromatic carbocycles. The molecule has 0 spiro atoms. The van der Waals surface area contributed by atoms with E-state index in [1.54, 1.807) is 18.2 Å². The number of carboxylic acids is 1. The van der Waals surface area contributed by atoms with Crippen LogP contribution in [0, 0.1) is 12.7 Å². The number of hydrogen-bond donors (Lipinski definition) is 1. The standard InChI is InChI=1S/C17H15FO3/c1-12-2-8-15(18)10-16(12)21-11-14-5-3-13(4-6-14)7-9-17(19)20/h2-10H,11H2,1H3,(H,19,20)/b9-7+. The Kier molecular flexibility index (Phi) is 4.72. The average Bonchev–Trinajstić information content (AvgIpc) is 2.47. The van der Waals surface area contributed by atoms with Crippen molar-refractivity contribution in [2.75, 3.05) is 0 Å². The summed E-state index contributed by atoms with van der Waals surface area (Å²) in [4.78, 5) is 10.4. The average molecular weight is 286 g/mol. The molecule has 0 saturated carbocycles. The number of carboxylic acid groups (broad SMARTS) is 1. The summed E-state index contributed by atoms with van der Waals surface area (Å²) in [7, 11) is 0. The van der Waals surface area contributed by atoms with Crippen LogP contribution >= 0.6 is 0 Å². The molecule has 1 N–H and O–H groups in total. The molecule has 0 aromatic heterocycles. The molecule has 0 heterocycles. The maximum absolute atomic E-state index is 13.1. The van der Waals surface area contributed by atoms with Crippen LogP contribution in [0.5, 0.6) is 5.75 Å². The van der Waals surface area contributed by atoms with Gasteiger partial charge in [-0.1, -0.05) is 30.3 Å². The second-order valence-electron chi connectivity index (χ2n) is 4.61. The van der Waals surface area contributed by atoms with Crippen LogP contribution in [0.3, 0.4) is 0 Å². The van der Waals surface area contributed by atoms with Crippen molar-refractivity contribution in [3.8, 4) is 5.75 Å². The van der Waals surface area contributed by atoms with Gasteiger partial charge in [-0.15, -0.1) is 0 Å². The highest BCUT2D eigenvalue weighted by Crippen LogP contribution is 2.20. The number of benzene rings is 2. The topological polar surface area (TPSA) is 46.5 Å². The molecule has 0 amide bonds. The van der Waals surface area contributed by atoms with Gasteiger partial charge in [-0.2, -0.15) is 0 Å². The van der Waals surface area contributed by atoms with Crippen LogP contribution in [-0.2, 0) is 11.4 Å². The lowest BCUT2D eigenvalue weighted by atomic mass is 10.1. The van der Waals surface area contributed by atoms with Crippen molar-refractivity contribution in [1.82, 2.24) is 0 Å². The lowest BCUT2D eigenvalue weighted by molar-refractivity contribution is -0.131. The summed E-state index contributed by atoms with van der Waals surface area (Å²) in [5.74, 6) is -0.793. The summed E-state index contributed by atoms with van der Waals surface area (Å²) in [6.45, 7) is 2.18. The van der Waals surface area contributed by atoms with Crippen molar-refractivity contribution in [2.45, 2.75) is 13.5 Å². The molecule has 0 unspecified atom stereocenters. The van der Waals surface area contributed by atoms with Crippen LogP contribution in [0.4, 0.5) is 4.39 Å². The molecule has 2 rings (SSSR count). The Morgan fingerprint density at radius 1 is 1.24 bits per heavy atom. The Morgan fingerprint density at radius 2 is 1.95 bits per heavy atom. The third-order valence-electron chi connectivity index (χ3n) is 2.94. The van der Waals surface area contributed by atoms with Crippen LogP contribution in [0.2, 0.25) is 0 Å². The molecule has 3 nitrogen and oxygen atoms in total. The summed E-state index contributed by atoms with van der Waals surface area (Å²) in [5.41, 5.74) is 2.59. The van der Waals surface area contributed by atoms with Crippen LogP contribution in [0.1, 0.15) is 16.7 Å². The molecule has 0 bridgehead atoms. The van der Waals surface area contributed by atoms with Gasteiger partial charge in [0, 0.05) is 12.1 Å². The van der Waals surface area contributed by atoms with Gasteiger partial charge in [0.05, 0.1) is 0 Å². The number of ether oxygens (including phenoxy) is 1. The number of hydrogen-bond acceptors (Lipinski definition) is 2. The Morgan fingerprint density at radius 3 is 2.62 bits per heavy atom. The van der Waals surface area contributed by atoms with Crippen LogP contribution < -0.4 is 4.74 Å². The van der Waals surface area contributed by atoms with Crippen LogP contribution in [0.15, 0.2) is 48.5 Å². The van der Waals surface area contributed by atoms with Gasteiger partial charge in [-0.25, -0.2) is 9.18 Å². The molecule has 0 atom stereocenters. The van der Waals surface area contributed by atoms with Gasteiger partial charge in [0.1, 0.15) is 18.2 Å². The van der Waals surface area contributed by atoms with Crippen LogP contribution in [-0.4, -0.2) is 11.1 Å². The van der Waals surface area contributed by atoms with Gasteiger partial charge in [-0.05, 0) is 35.8 Å². The first kappa shape index (κ1) is 14.8. The summed E-state index contributed by atoms with van der Waals surface area (Å²) in [6.07, 6.45) is 2.60. The fourth-order valence-electron chi connectivity index (χ4n) is 1.78. The lowest BCUT2D eigenvalue weighted by Gasteiger charge is -2.09. The van der Waals surface area contributed by atoms with E-state index in [9.17, 15) is 9.18 Å². The molecule has 0 aliphatic carbocycles. The Balaban J connectivity index is 2.00. The zero-order valence-electron chi connectivity index (χ0n) is 11.5. The minimum Gasteiger partial charge on any atom is -0.489 e. The third-order valence-corrected chi connectivity index (χ3v) is 2.94. The minimum atomic E-state index is -0.982. The predicted octanol–water partition coefficient (Wildman–Crippen LogP) is 3.81. The van der Waals surface area contributed by atoms with E-state index in [1.807, 2.05) is 19.1 Å². The van der Waals surface area contributed by atoms with E-state index >= 15 is 0 Å². The van der Waals surface area contributed by atoms with Crippen molar-refractivity contribution < 1.29 is 19.0 Å². The zero-order chi connectivity index (χ0) is 15.2. The fraction of sp³-hybridized carbons (Fsp3) is 0.118. The SMILES string of the molecule is Cc1ccc(F)cc1OCc1ccc(/C=C/C(=O)O)cc1. The highest BCUT2D eigenvalue weighted by atomic mass is 19.1. The molecule has 0 fully saturated rings. The summed E-state index contributed by atoms with van der Waals surface area (Å²) < 4.78 is 18.7. The lowest BCUT2D eigenvalue weighted by Crippen LogP contribution is -1.97. The molecular weight excluding hydrogens is 271 g/mol. The molecule has 0 aliphatic rings. The molecule has 0 radical (unpaired) electrons. The first-order chi connectivity index (χ1) is 10.0. The second-order valence-corrected chi connectivity index (χ2v) is 4.61. The molecule has 4 heteroatoms. The van der Waals surface area contributed by atoms with E-state index in [-0.39, 0.29) is 5.82 Å². The van der Waals surface area contributed by atoms with Gasteiger partial charge < -0.3 is 9.84 Å². The van der Waals surface area contributed by atoms with Gasteiger partial charge in [0.25, 0.3) is 0 Å². The summed E-state index contributed by atoms with van der Waals surface area (Å²) in [5, 5.41) is 8.55. The normalized spacial score (nSPS) is 10.8. The quantitative estimate of drug-likeness (QED) is 0.850.